The zero-order chi connectivity index (χ0) is 9.68. The van der Waals surface area contributed by atoms with Crippen molar-refractivity contribution >= 4 is 11.6 Å². The summed E-state index contributed by atoms with van der Waals surface area (Å²) in [5, 5.41) is 3.43. The molecule has 0 radical (unpaired) electrons. The van der Waals surface area contributed by atoms with Crippen molar-refractivity contribution < 1.29 is 0 Å². The first-order valence-electron chi connectivity index (χ1n) is 4.02. The van der Waals surface area contributed by atoms with Gasteiger partial charge in [-0.15, -0.1) is 0 Å². The van der Waals surface area contributed by atoms with Crippen LogP contribution >= 0.6 is 11.6 Å². The van der Waals surface area contributed by atoms with Crippen molar-refractivity contribution in [1.29, 1.82) is 0 Å². The van der Waals surface area contributed by atoms with Gasteiger partial charge in [-0.1, -0.05) is 35.0 Å². The lowest BCUT2D eigenvalue weighted by atomic mass is 10.1. The molecule has 0 spiro atoms. The van der Waals surface area contributed by atoms with Gasteiger partial charge in [0.25, 0.3) is 0 Å². The van der Waals surface area contributed by atoms with Crippen molar-refractivity contribution in [3.8, 4) is 0 Å². The Balaban J connectivity index is 2.63. The third-order valence-corrected chi connectivity index (χ3v) is 2.12. The zero-order valence-electron chi connectivity index (χ0n) is 7.11. The van der Waals surface area contributed by atoms with E-state index >= 15 is 0 Å². The van der Waals surface area contributed by atoms with Crippen molar-refractivity contribution in [3.05, 3.63) is 39.8 Å². The second kappa shape index (κ2) is 4.94. The van der Waals surface area contributed by atoms with Crippen LogP contribution in [-0.4, -0.2) is 12.6 Å². The van der Waals surface area contributed by atoms with Crippen LogP contribution in [-0.2, 0) is 6.42 Å². The molecule has 0 heterocycles. The van der Waals surface area contributed by atoms with Crippen LogP contribution in [0.2, 0.25) is 5.02 Å². The lowest BCUT2D eigenvalue weighted by Gasteiger charge is -2.08. The summed E-state index contributed by atoms with van der Waals surface area (Å²) < 4.78 is 0. The maximum atomic E-state index is 9.93. The minimum Gasteiger partial charge on any atom is -0.326 e. The Morgan fingerprint density at radius 1 is 1.46 bits per heavy atom. The monoisotopic (exact) mass is 198 g/mol. The summed E-state index contributed by atoms with van der Waals surface area (Å²) in [4.78, 5) is 9.93. The van der Waals surface area contributed by atoms with Crippen LogP contribution in [0.25, 0.3) is 0 Å². The van der Waals surface area contributed by atoms with E-state index in [-0.39, 0.29) is 12.6 Å². The molecule has 1 atom stereocenters. The topological polar surface area (TPSA) is 55.4 Å². The molecule has 1 aromatic carbocycles. The summed E-state index contributed by atoms with van der Waals surface area (Å²) in [7, 11) is 0. The van der Waals surface area contributed by atoms with Gasteiger partial charge in [-0.25, -0.2) is 0 Å². The van der Waals surface area contributed by atoms with Gasteiger partial charge in [0.1, 0.15) is 0 Å². The van der Waals surface area contributed by atoms with Gasteiger partial charge < -0.3 is 5.73 Å². The summed E-state index contributed by atoms with van der Waals surface area (Å²) in [6.45, 7) is 0.130. The van der Waals surface area contributed by atoms with Crippen LogP contribution in [0.1, 0.15) is 5.56 Å². The van der Waals surface area contributed by atoms with Crippen LogP contribution in [0, 0.1) is 4.91 Å². The van der Waals surface area contributed by atoms with Gasteiger partial charge in [-0.05, 0) is 18.1 Å². The molecule has 0 aliphatic carbocycles. The van der Waals surface area contributed by atoms with Crippen LogP contribution < -0.4 is 5.73 Å². The minimum atomic E-state index is -0.239. The zero-order valence-corrected chi connectivity index (χ0v) is 7.87. The second-order valence-electron chi connectivity index (χ2n) is 2.87. The molecule has 0 saturated carbocycles. The highest BCUT2D eigenvalue weighted by molar-refractivity contribution is 6.31. The van der Waals surface area contributed by atoms with Crippen molar-refractivity contribution in [3.63, 3.8) is 0 Å². The van der Waals surface area contributed by atoms with Gasteiger partial charge >= 0.3 is 0 Å². The van der Waals surface area contributed by atoms with E-state index in [0.717, 1.165) is 5.56 Å². The first-order valence-corrected chi connectivity index (χ1v) is 4.40. The molecular formula is C9H11ClN2O. The van der Waals surface area contributed by atoms with Crippen molar-refractivity contribution in [2.24, 2.45) is 10.9 Å². The highest BCUT2D eigenvalue weighted by Crippen LogP contribution is 2.16. The van der Waals surface area contributed by atoms with Gasteiger partial charge in [0.15, 0.2) is 0 Å². The molecule has 0 aliphatic rings. The van der Waals surface area contributed by atoms with E-state index in [1.807, 2.05) is 18.2 Å². The van der Waals surface area contributed by atoms with Crippen molar-refractivity contribution in [2.45, 2.75) is 12.5 Å². The Kier molecular flexibility index (Phi) is 3.86. The van der Waals surface area contributed by atoms with Crippen LogP contribution in [0.15, 0.2) is 29.4 Å². The Hall–Kier alpha value is -0.930. The summed E-state index contributed by atoms with van der Waals surface area (Å²) >= 11 is 5.90. The second-order valence-corrected chi connectivity index (χ2v) is 3.27. The molecule has 0 aliphatic heterocycles. The molecule has 4 heteroatoms. The average molecular weight is 199 g/mol. The molecule has 0 fully saturated rings. The van der Waals surface area contributed by atoms with Gasteiger partial charge in [0, 0.05) is 11.1 Å². The number of halogens is 1. The summed E-state index contributed by atoms with van der Waals surface area (Å²) in [5.74, 6) is 0. The lowest BCUT2D eigenvalue weighted by Crippen LogP contribution is -2.26. The normalized spacial score (nSPS) is 12.5. The van der Waals surface area contributed by atoms with E-state index < -0.39 is 0 Å². The molecule has 3 nitrogen and oxygen atoms in total. The molecule has 0 amide bonds. The molecule has 1 unspecified atom stereocenters. The average Bonchev–Trinajstić information content (AvgIpc) is 2.09. The van der Waals surface area contributed by atoms with E-state index in [9.17, 15) is 4.91 Å². The fraction of sp³-hybridized carbons (Fsp3) is 0.333. The van der Waals surface area contributed by atoms with Gasteiger partial charge in [0.05, 0.1) is 6.54 Å². The van der Waals surface area contributed by atoms with Crippen LogP contribution in [0.3, 0.4) is 0 Å². The molecular weight excluding hydrogens is 188 g/mol. The quantitative estimate of drug-likeness (QED) is 0.753. The maximum absolute atomic E-state index is 9.93. The minimum absolute atomic E-state index is 0.130. The SMILES string of the molecule is NC(CN=O)Cc1ccccc1Cl. The summed E-state index contributed by atoms with van der Waals surface area (Å²) in [5.41, 5.74) is 6.59. The van der Waals surface area contributed by atoms with E-state index in [1.54, 1.807) is 6.07 Å². The number of nitrogens with zero attached hydrogens (tertiary/aromatic N) is 1. The van der Waals surface area contributed by atoms with E-state index in [2.05, 4.69) is 5.18 Å². The number of nitrogens with two attached hydrogens (primary N) is 1. The Labute approximate surface area is 81.9 Å². The fourth-order valence-corrected chi connectivity index (χ4v) is 1.32. The molecule has 0 bridgehead atoms. The number of benzene rings is 1. The van der Waals surface area contributed by atoms with E-state index in [0.29, 0.717) is 11.4 Å². The smallest absolute Gasteiger partial charge is 0.0965 e. The number of rotatable bonds is 4. The first kappa shape index (κ1) is 10.2. The standard InChI is InChI=1S/C9H11ClN2O/c10-9-4-2-1-3-7(9)5-8(11)6-12-13/h1-4,8H,5-6,11H2. The Morgan fingerprint density at radius 2 is 2.15 bits per heavy atom. The van der Waals surface area contributed by atoms with E-state index in [4.69, 9.17) is 17.3 Å². The third-order valence-electron chi connectivity index (χ3n) is 1.75. The highest BCUT2D eigenvalue weighted by Gasteiger charge is 2.06. The molecule has 1 rings (SSSR count). The molecule has 0 aromatic heterocycles. The first-order chi connectivity index (χ1) is 6.24. The Morgan fingerprint density at radius 3 is 2.77 bits per heavy atom. The number of hydrogen-bond donors (Lipinski definition) is 1. The Bertz CT molecular complexity index is 291. The largest absolute Gasteiger partial charge is 0.326 e. The molecule has 0 saturated heterocycles. The van der Waals surface area contributed by atoms with Gasteiger partial charge in [0.2, 0.25) is 0 Å². The predicted octanol–water partition coefficient (Wildman–Crippen LogP) is 1.98. The number of hydrogen-bond acceptors (Lipinski definition) is 3. The van der Waals surface area contributed by atoms with Crippen molar-refractivity contribution in [1.82, 2.24) is 0 Å². The van der Waals surface area contributed by atoms with Crippen molar-refractivity contribution in [2.75, 3.05) is 6.54 Å². The van der Waals surface area contributed by atoms with E-state index in [1.165, 1.54) is 0 Å². The summed E-state index contributed by atoms with van der Waals surface area (Å²) in [6.07, 6.45) is 0.589. The predicted molar refractivity (Wildman–Crippen MR) is 53.8 cm³/mol. The van der Waals surface area contributed by atoms with Gasteiger partial charge in [-0.2, -0.15) is 4.91 Å². The van der Waals surface area contributed by atoms with Crippen LogP contribution in [0.4, 0.5) is 0 Å². The van der Waals surface area contributed by atoms with Gasteiger partial charge in [-0.3, -0.25) is 0 Å². The summed E-state index contributed by atoms with van der Waals surface area (Å²) in [6, 6.07) is 7.21. The highest BCUT2D eigenvalue weighted by atomic mass is 35.5. The van der Waals surface area contributed by atoms with Crippen LogP contribution in [0.5, 0.6) is 0 Å². The molecule has 1 aromatic rings. The fourth-order valence-electron chi connectivity index (χ4n) is 1.11. The molecule has 13 heavy (non-hydrogen) atoms. The molecule has 2 N–H and O–H groups in total. The molecule has 70 valence electrons. The third kappa shape index (κ3) is 3.13. The maximum Gasteiger partial charge on any atom is 0.0965 e. The lowest BCUT2D eigenvalue weighted by molar-refractivity contribution is 0.677. The number of nitroso groups, excluding NO2 is 1.